The average Bonchev–Trinajstić information content (AvgIpc) is 2.47. The zero-order valence-electron chi connectivity index (χ0n) is 13.9. The van der Waals surface area contributed by atoms with E-state index < -0.39 is 0 Å². The Bertz CT molecular complexity index is 439. The van der Waals surface area contributed by atoms with Crippen LogP contribution in [0.5, 0.6) is 0 Å². The molecule has 0 spiro atoms. The van der Waals surface area contributed by atoms with Gasteiger partial charge in [-0.2, -0.15) is 0 Å². The van der Waals surface area contributed by atoms with E-state index in [1.165, 1.54) is 0 Å². The predicted octanol–water partition coefficient (Wildman–Crippen LogP) is 3.47. The molecule has 0 aliphatic rings. The molecule has 0 saturated heterocycles. The summed E-state index contributed by atoms with van der Waals surface area (Å²) in [4.78, 5) is 15.1. The van der Waals surface area contributed by atoms with Gasteiger partial charge in [0.25, 0.3) is 5.91 Å². The molecule has 0 aliphatic heterocycles. The molecule has 1 aromatic rings. The van der Waals surface area contributed by atoms with Gasteiger partial charge in [-0.1, -0.05) is 45.9 Å². The largest absolute Gasteiger partial charge is 0.335 e. The van der Waals surface area contributed by atoms with Crippen molar-refractivity contribution in [2.24, 2.45) is 11.7 Å². The van der Waals surface area contributed by atoms with Crippen LogP contribution in [0.4, 0.5) is 0 Å². The van der Waals surface area contributed by atoms with Crippen molar-refractivity contribution in [1.29, 1.82) is 0 Å². The lowest BCUT2D eigenvalue weighted by Crippen LogP contribution is -2.42. The zero-order chi connectivity index (χ0) is 15.8. The van der Waals surface area contributed by atoms with Gasteiger partial charge >= 0.3 is 0 Å². The third kappa shape index (κ3) is 4.85. The highest BCUT2D eigenvalue weighted by atomic mass is 16.2. The molecule has 3 heteroatoms. The molecule has 0 fully saturated rings. The van der Waals surface area contributed by atoms with Crippen molar-refractivity contribution in [3.63, 3.8) is 0 Å². The first-order chi connectivity index (χ1) is 10.0. The molecule has 0 saturated carbocycles. The summed E-state index contributed by atoms with van der Waals surface area (Å²) in [5, 5.41) is 0. The van der Waals surface area contributed by atoms with Crippen LogP contribution in [0.2, 0.25) is 0 Å². The molecule has 0 aliphatic carbocycles. The highest BCUT2D eigenvalue weighted by Crippen LogP contribution is 2.18. The van der Waals surface area contributed by atoms with Crippen LogP contribution >= 0.6 is 0 Å². The van der Waals surface area contributed by atoms with Crippen molar-refractivity contribution in [1.82, 2.24) is 4.90 Å². The van der Waals surface area contributed by atoms with Crippen molar-refractivity contribution in [2.75, 3.05) is 13.1 Å². The van der Waals surface area contributed by atoms with E-state index in [4.69, 9.17) is 5.73 Å². The van der Waals surface area contributed by atoms with Gasteiger partial charge in [-0.15, -0.1) is 0 Å². The number of nitrogens with two attached hydrogens (primary N) is 1. The fourth-order valence-electron chi connectivity index (χ4n) is 2.78. The summed E-state index contributed by atoms with van der Waals surface area (Å²) in [6, 6.07) is 8.18. The lowest BCUT2D eigenvalue weighted by Gasteiger charge is -2.32. The molecule has 1 rings (SSSR count). The quantitative estimate of drug-likeness (QED) is 0.797. The number of amides is 1. The highest BCUT2D eigenvalue weighted by molar-refractivity contribution is 5.96. The molecule has 0 atom stereocenters. The van der Waals surface area contributed by atoms with E-state index in [0.29, 0.717) is 18.5 Å². The average molecular weight is 290 g/mol. The van der Waals surface area contributed by atoms with E-state index in [2.05, 4.69) is 32.6 Å². The Hall–Kier alpha value is -1.35. The summed E-state index contributed by atoms with van der Waals surface area (Å²) in [7, 11) is 0. The van der Waals surface area contributed by atoms with Crippen molar-refractivity contribution in [3.8, 4) is 0 Å². The Morgan fingerprint density at radius 3 is 2.33 bits per heavy atom. The topological polar surface area (TPSA) is 46.3 Å². The van der Waals surface area contributed by atoms with E-state index in [1.54, 1.807) is 0 Å². The third-order valence-electron chi connectivity index (χ3n) is 3.87. The van der Waals surface area contributed by atoms with E-state index in [0.717, 1.165) is 36.9 Å². The Morgan fingerprint density at radius 1 is 1.19 bits per heavy atom. The number of rotatable bonds is 8. The Labute approximate surface area is 129 Å². The molecule has 1 aromatic carbocycles. The fraction of sp³-hybridized carbons (Fsp3) is 0.611. The smallest absolute Gasteiger partial charge is 0.254 e. The van der Waals surface area contributed by atoms with Gasteiger partial charge in [0.15, 0.2) is 0 Å². The predicted molar refractivity (Wildman–Crippen MR) is 89.4 cm³/mol. The lowest BCUT2D eigenvalue weighted by molar-refractivity contribution is 0.0639. The SMILES string of the molecule is CCC(CC)N(CC(C)C)C(=O)c1ccccc1CCN. The first-order valence-corrected chi connectivity index (χ1v) is 8.13. The summed E-state index contributed by atoms with van der Waals surface area (Å²) in [6.45, 7) is 10.0. The van der Waals surface area contributed by atoms with Crippen LogP contribution in [-0.4, -0.2) is 29.9 Å². The van der Waals surface area contributed by atoms with E-state index in [1.807, 2.05) is 24.3 Å². The second-order valence-corrected chi connectivity index (χ2v) is 6.02. The maximum atomic E-state index is 13.0. The summed E-state index contributed by atoms with van der Waals surface area (Å²) >= 11 is 0. The summed E-state index contributed by atoms with van der Waals surface area (Å²) in [5.74, 6) is 0.623. The summed E-state index contributed by atoms with van der Waals surface area (Å²) in [5.41, 5.74) is 7.55. The second-order valence-electron chi connectivity index (χ2n) is 6.02. The molecular formula is C18H30N2O. The molecule has 21 heavy (non-hydrogen) atoms. The Morgan fingerprint density at radius 2 is 1.81 bits per heavy atom. The molecule has 0 radical (unpaired) electrons. The van der Waals surface area contributed by atoms with Crippen LogP contribution in [0, 0.1) is 5.92 Å². The molecule has 0 bridgehead atoms. The van der Waals surface area contributed by atoms with Gasteiger partial charge in [0, 0.05) is 18.2 Å². The minimum atomic E-state index is 0.154. The monoisotopic (exact) mass is 290 g/mol. The van der Waals surface area contributed by atoms with Gasteiger partial charge in [-0.3, -0.25) is 4.79 Å². The van der Waals surface area contributed by atoms with Crippen LogP contribution in [0.3, 0.4) is 0 Å². The van der Waals surface area contributed by atoms with Crippen molar-refractivity contribution in [3.05, 3.63) is 35.4 Å². The second kappa shape index (κ2) is 8.83. The minimum Gasteiger partial charge on any atom is -0.335 e. The molecule has 1 amide bonds. The van der Waals surface area contributed by atoms with Crippen molar-refractivity contribution < 1.29 is 4.79 Å². The molecule has 0 unspecified atom stereocenters. The number of nitrogens with zero attached hydrogens (tertiary/aromatic N) is 1. The normalized spacial score (nSPS) is 11.2. The number of hydrogen-bond donors (Lipinski definition) is 1. The van der Waals surface area contributed by atoms with Gasteiger partial charge in [0.2, 0.25) is 0 Å². The Balaban J connectivity index is 3.09. The molecule has 118 valence electrons. The van der Waals surface area contributed by atoms with Gasteiger partial charge in [-0.25, -0.2) is 0 Å². The minimum absolute atomic E-state index is 0.154. The zero-order valence-corrected chi connectivity index (χ0v) is 13.9. The fourth-order valence-corrected chi connectivity index (χ4v) is 2.78. The molecule has 2 N–H and O–H groups in total. The van der Waals surface area contributed by atoms with Gasteiger partial charge in [-0.05, 0) is 43.4 Å². The van der Waals surface area contributed by atoms with Crippen LogP contribution in [-0.2, 0) is 6.42 Å². The standard InChI is InChI=1S/C18H30N2O/c1-5-16(6-2)20(13-14(3)4)18(21)17-10-8-7-9-15(17)11-12-19/h7-10,14,16H,5-6,11-13,19H2,1-4H3. The summed E-state index contributed by atoms with van der Waals surface area (Å²) < 4.78 is 0. The molecule has 3 nitrogen and oxygen atoms in total. The number of carbonyl (C=O) groups is 1. The van der Waals surface area contributed by atoms with E-state index in [-0.39, 0.29) is 5.91 Å². The molecular weight excluding hydrogens is 260 g/mol. The van der Waals surface area contributed by atoms with Gasteiger partial charge in [0.1, 0.15) is 0 Å². The maximum Gasteiger partial charge on any atom is 0.254 e. The highest BCUT2D eigenvalue weighted by Gasteiger charge is 2.24. The first-order valence-electron chi connectivity index (χ1n) is 8.13. The summed E-state index contributed by atoms with van der Waals surface area (Å²) in [6.07, 6.45) is 2.74. The third-order valence-corrected chi connectivity index (χ3v) is 3.87. The van der Waals surface area contributed by atoms with Crippen molar-refractivity contribution in [2.45, 2.75) is 53.0 Å². The molecule has 0 heterocycles. The number of carbonyl (C=O) groups excluding carboxylic acids is 1. The maximum absolute atomic E-state index is 13.0. The molecule has 0 aromatic heterocycles. The van der Waals surface area contributed by atoms with Gasteiger partial charge < -0.3 is 10.6 Å². The number of hydrogen-bond acceptors (Lipinski definition) is 2. The van der Waals surface area contributed by atoms with Crippen LogP contribution in [0.25, 0.3) is 0 Å². The van der Waals surface area contributed by atoms with Crippen LogP contribution in [0.15, 0.2) is 24.3 Å². The number of benzene rings is 1. The Kier molecular flexibility index (Phi) is 7.44. The van der Waals surface area contributed by atoms with Crippen LogP contribution < -0.4 is 5.73 Å². The lowest BCUT2D eigenvalue weighted by atomic mass is 10.0. The van der Waals surface area contributed by atoms with Gasteiger partial charge in [0.05, 0.1) is 0 Å². The van der Waals surface area contributed by atoms with Crippen LogP contribution in [0.1, 0.15) is 56.5 Å². The van der Waals surface area contributed by atoms with E-state index in [9.17, 15) is 4.79 Å². The van der Waals surface area contributed by atoms with Crippen molar-refractivity contribution >= 4 is 5.91 Å². The van der Waals surface area contributed by atoms with E-state index >= 15 is 0 Å². The first kappa shape index (κ1) is 17.7.